The summed E-state index contributed by atoms with van der Waals surface area (Å²) in [5.41, 5.74) is 13.1. The molecule has 0 bridgehead atoms. The molecule has 0 atom stereocenters. The van der Waals surface area contributed by atoms with Crippen LogP contribution in [0.2, 0.25) is 0 Å². The first-order valence-electron chi connectivity index (χ1n) is 18.5. The summed E-state index contributed by atoms with van der Waals surface area (Å²) in [7, 11) is 0. The SMILES string of the molecule is c1ccc(-c2ccc(-c3nc(-c4cccc(-c5ccccc5)c4)nc(-c4cccc(-n5c6ccccc6c6cc(-c7ccccc7)ccc65)c4)n3)cc2)cc1. The summed E-state index contributed by atoms with van der Waals surface area (Å²) >= 11 is 0. The van der Waals surface area contributed by atoms with E-state index in [-0.39, 0.29) is 0 Å². The zero-order chi connectivity index (χ0) is 36.6. The highest BCUT2D eigenvalue weighted by Gasteiger charge is 2.17. The van der Waals surface area contributed by atoms with Gasteiger partial charge in [-0.2, -0.15) is 0 Å². The molecule has 0 radical (unpaired) electrons. The van der Waals surface area contributed by atoms with Crippen LogP contribution < -0.4 is 0 Å². The van der Waals surface area contributed by atoms with Gasteiger partial charge >= 0.3 is 0 Å². The van der Waals surface area contributed by atoms with Crippen LogP contribution >= 0.6 is 0 Å². The van der Waals surface area contributed by atoms with Gasteiger partial charge in [0, 0.05) is 33.2 Å². The molecule has 2 aromatic heterocycles. The molecule has 0 amide bonds. The third-order valence-electron chi connectivity index (χ3n) is 10.3. The average Bonchev–Trinajstić information content (AvgIpc) is 3.61. The monoisotopic (exact) mass is 702 g/mol. The van der Waals surface area contributed by atoms with Crippen LogP contribution in [0.5, 0.6) is 0 Å². The molecule has 0 saturated heterocycles. The largest absolute Gasteiger partial charge is 0.309 e. The van der Waals surface area contributed by atoms with Crippen LogP contribution in [-0.4, -0.2) is 19.5 Å². The van der Waals surface area contributed by atoms with Gasteiger partial charge in [-0.1, -0.05) is 170 Å². The standard InChI is InChI=1S/C51H34N4/c1-4-14-35(15-5-1)38-26-28-39(29-27-38)49-52-50(42-21-12-20-40(32-42)36-16-6-2-7-17-36)54-51(53-49)43-22-13-23-44(33-43)55-47-25-11-10-24-45(47)46-34-41(30-31-48(46)55)37-18-8-3-9-19-37/h1-34H. The third-order valence-corrected chi connectivity index (χ3v) is 10.3. The van der Waals surface area contributed by atoms with E-state index >= 15 is 0 Å². The quantitative estimate of drug-likeness (QED) is 0.166. The normalized spacial score (nSPS) is 11.3. The molecule has 0 spiro atoms. The molecule has 0 N–H and O–H groups in total. The number of hydrogen-bond acceptors (Lipinski definition) is 3. The van der Waals surface area contributed by atoms with Crippen molar-refractivity contribution < 1.29 is 0 Å². The average molecular weight is 703 g/mol. The topological polar surface area (TPSA) is 43.6 Å². The molecule has 10 rings (SSSR count). The fourth-order valence-corrected chi connectivity index (χ4v) is 7.52. The molecule has 258 valence electrons. The molecule has 10 aromatic rings. The van der Waals surface area contributed by atoms with Gasteiger partial charge in [-0.15, -0.1) is 0 Å². The van der Waals surface area contributed by atoms with E-state index in [2.05, 4.69) is 199 Å². The van der Waals surface area contributed by atoms with Gasteiger partial charge in [-0.05, 0) is 69.8 Å². The second-order valence-corrected chi connectivity index (χ2v) is 13.7. The van der Waals surface area contributed by atoms with Crippen LogP contribution in [0.4, 0.5) is 0 Å². The molecule has 8 aromatic carbocycles. The van der Waals surface area contributed by atoms with Gasteiger partial charge in [0.25, 0.3) is 0 Å². The Hall–Kier alpha value is -7.43. The number of benzene rings is 8. The lowest BCUT2D eigenvalue weighted by Crippen LogP contribution is -2.01. The lowest BCUT2D eigenvalue weighted by Gasteiger charge is -2.12. The third kappa shape index (κ3) is 6.16. The fraction of sp³-hybridized carbons (Fsp3) is 0. The van der Waals surface area contributed by atoms with Gasteiger partial charge < -0.3 is 4.57 Å². The van der Waals surface area contributed by atoms with E-state index in [1.165, 1.54) is 27.5 Å². The van der Waals surface area contributed by atoms with Gasteiger partial charge in [-0.3, -0.25) is 0 Å². The minimum absolute atomic E-state index is 0.617. The lowest BCUT2D eigenvalue weighted by atomic mass is 10.0. The molecule has 0 aliphatic heterocycles. The van der Waals surface area contributed by atoms with E-state index in [9.17, 15) is 0 Å². The molecular formula is C51H34N4. The van der Waals surface area contributed by atoms with Gasteiger partial charge in [-0.25, -0.2) is 15.0 Å². The van der Waals surface area contributed by atoms with E-state index in [1.54, 1.807) is 0 Å². The first-order chi connectivity index (χ1) is 27.2. The highest BCUT2D eigenvalue weighted by Crippen LogP contribution is 2.36. The smallest absolute Gasteiger partial charge is 0.164 e. The van der Waals surface area contributed by atoms with Gasteiger partial charge in [0.2, 0.25) is 0 Å². The zero-order valence-electron chi connectivity index (χ0n) is 29.9. The Bertz CT molecular complexity index is 2950. The van der Waals surface area contributed by atoms with Crippen molar-refractivity contribution in [3.05, 3.63) is 206 Å². The first-order valence-corrected chi connectivity index (χ1v) is 18.5. The molecule has 0 fully saturated rings. The molecule has 0 unspecified atom stereocenters. The van der Waals surface area contributed by atoms with Crippen molar-refractivity contribution in [2.24, 2.45) is 0 Å². The zero-order valence-corrected chi connectivity index (χ0v) is 29.9. The van der Waals surface area contributed by atoms with Crippen LogP contribution in [0, 0.1) is 0 Å². The van der Waals surface area contributed by atoms with Crippen LogP contribution in [0.3, 0.4) is 0 Å². The van der Waals surface area contributed by atoms with Gasteiger partial charge in [0.15, 0.2) is 17.5 Å². The molecule has 0 saturated carbocycles. The molecule has 0 aliphatic carbocycles. The minimum Gasteiger partial charge on any atom is -0.309 e. The van der Waals surface area contributed by atoms with Crippen molar-refractivity contribution in [3.8, 4) is 73.2 Å². The van der Waals surface area contributed by atoms with E-state index in [0.717, 1.165) is 50.1 Å². The van der Waals surface area contributed by atoms with Crippen molar-refractivity contribution >= 4 is 21.8 Å². The summed E-state index contributed by atoms with van der Waals surface area (Å²) in [4.78, 5) is 15.4. The molecule has 4 nitrogen and oxygen atoms in total. The van der Waals surface area contributed by atoms with Gasteiger partial charge in [0.1, 0.15) is 0 Å². The number of rotatable bonds is 7. The Morgan fingerprint density at radius 1 is 0.255 bits per heavy atom. The highest BCUT2D eigenvalue weighted by molar-refractivity contribution is 6.10. The second kappa shape index (κ2) is 13.8. The summed E-state index contributed by atoms with van der Waals surface area (Å²) < 4.78 is 2.34. The van der Waals surface area contributed by atoms with E-state index in [1.807, 2.05) is 12.1 Å². The van der Waals surface area contributed by atoms with Crippen LogP contribution in [0.25, 0.3) is 95.0 Å². The fourth-order valence-electron chi connectivity index (χ4n) is 7.52. The Labute approximate surface area is 319 Å². The summed E-state index contributed by atoms with van der Waals surface area (Å²) in [5.74, 6) is 1.87. The van der Waals surface area contributed by atoms with Crippen LogP contribution in [0.1, 0.15) is 0 Å². The summed E-state index contributed by atoms with van der Waals surface area (Å²) in [6.45, 7) is 0. The summed E-state index contributed by atoms with van der Waals surface area (Å²) in [5, 5.41) is 2.42. The Balaban J connectivity index is 1.12. The molecule has 2 heterocycles. The second-order valence-electron chi connectivity index (χ2n) is 13.7. The van der Waals surface area contributed by atoms with Crippen LogP contribution in [-0.2, 0) is 0 Å². The molecular weight excluding hydrogens is 669 g/mol. The molecule has 55 heavy (non-hydrogen) atoms. The van der Waals surface area contributed by atoms with Crippen molar-refractivity contribution in [2.75, 3.05) is 0 Å². The van der Waals surface area contributed by atoms with Crippen molar-refractivity contribution in [3.63, 3.8) is 0 Å². The first kappa shape index (κ1) is 32.2. The van der Waals surface area contributed by atoms with Gasteiger partial charge in [0.05, 0.1) is 11.0 Å². The Kier molecular flexibility index (Phi) is 8.12. The number of fused-ring (bicyclic) bond motifs is 3. The van der Waals surface area contributed by atoms with E-state index in [0.29, 0.717) is 17.5 Å². The van der Waals surface area contributed by atoms with E-state index < -0.39 is 0 Å². The molecule has 0 aliphatic rings. The van der Waals surface area contributed by atoms with Crippen LogP contribution in [0.15, 0.2) is 206 Å². The van der Waals surface area contributed by atoms with Crippen molar-refractivity contribution in [2.45, 2.75) is 0 Å². The summed E-state index contributed by atoms with van der Waals surface area (Å²) in [6, 6.07) is 72.2. The maximum Gasteiger partial charge on any atom is 0.164 e. The van der Waals surface area contributed by atoms with Crippen molar-refractivity contribution in [1.29, 1.82) is 0 Å². The van der Waals surface area contributed by atoms with E-state index in [4.69, 9.17) is 15.0 Å². The Morgan fingerprint density at radius 3 is 1.33 bits per heavy atom. The summed E-state index contributed by atoms with van der Waals surface area (Å²) in [6.07, 6.45) is 0. The predicted octanol–water partition coefficient (Wildman–Crippen LogP) is 13.0. The lowest BCUT2D eigenvalue weighted by molar-refractivity contribution is 1.07. The van der Waals surface area contributed by atoms with Crippen molar-refractivity contribution in [1.82, 2.24) is 19.5 Å². The maximum atomic E-state index is 5.16. The number of aromatic nitrogens is 4. The predicted molar refractivity (Wildman–Crippen MR) is 227 cm³/mol. The number of hydrogen-bond donors (Lipinski definition) is 0. The minimum atomic E-state index is 0.617. The highest BCUT2D eigenvalue weighted by atomic mass is 15.0. The number of nitrogens with zero attached hydrogens (tertiary/aromatic N) is 4. The number of para-hydroxylation sites is 1. The molecule has 4 heteroatoms. The Morgan fingerprint density at radius 2 is 0.673 bits per heavy atom. The maximum absolute atomic E-state index is 5.16.